The smallest absolute Gasteiger partial charge is 0.170 e. The number of hydrogen-bond donors (Lipinski definition) is 0. The minimum absolute atomic E-state index is 0.337. The van der Waals surface area contributed by atoms with Crippen LogP contribution in [0, 0.1) is 13.8 Å². The molecule has 0 radical (unpaired) electrons. The summed E-state index contributed by atoms with van der Waals surface area (Å²) in [6.45, 7) is 5.46. The first-order valence-electron chi connectivity index (χ1n) is 12.3. The molecule has 0 aromatic heterocycles. The molecule has 6 rings (SSSR count). The molecule has 2 aliphatic heterocycles. The summed E-state index contributed by atoms with van der Waals surface area (Å²) < 4.78 is 52.2. The Kier molecular flexibility index (Phi) is 6.68. The Balaban J connectivity index is 1.63. The predicted molar refractivity (Wildman–Crippen MR) is 146 cm³/mol. The lowest BCUT2D eigenvalue weighted by Gasteiger charge is -2.27. The van der Waals surface area contributed by atoms with Crippen molar-refractivity contribution in [2.75, 3.05) is 26.4 Å². The summed E-state index contributed by atoms with van der Waals surface area (Å²) in [5, 5.41) is 0. The van der Waals surface area contributed by atoms with Gasteiger partial charge in [0.05, 0.1) is 31.4 Å². The summed E-state index contributed by atoms with van der Waals surface area (Å²) in [6, 6.07) is 22.3. The maximum Gasteiger partial charge on any atom is 0.170 e. The van der Waals surface area contributed by atoms with Crippen LogP contribution < -0.4 is 18.9 Å². The van der Waals surface area contributed by atoms with Crippen LogP contribution in [0.3, 0.4) is 0 Å². The van der Waals surface area contributed by atoms with Gasteiger partial charge in [-0.3, -0.25) is 0 Å². The van der Waals surface area contributed by atoms with Crippen molar-refractivity contribution in [3.63, 3.8) is 0 Å². The summed E-state index contributed by atoms with van der Waals surface area (Å²) in [6.07, 6.45) is 0. The second-order valence-electron chi connectivity index (χ2n) is 9.09. The second-order valence-corrected chi connectivity index (χ2v) is 12.0. The molecule has 0 aliphatic carbocycles. The second kappa shape index (κ2) is 10.3. The van der Waals surface area contributed by atoms with E-state index in [1.54, 1.807) is 24.3 Å². The average Bonchev–Trinajstić information content (AvgIpc) is 2.96. The highest BCUT2D eigenvalue weighted by Gasteiger charge is 2.32. The van der Waals surface area contributed by atoms with Crippen LogP contribution in [0.25, 0.3) is 11.1 Å². The lowest BCUT2D eigenvalue weighted by atomic mass is 10.0. The fourth-order valence-corrected chi connectivity index (χ4v) is 6.97. The predicted octanol–water partition coefficient (Wildman–Crippen LogP) is 5.85. The molecule has 2 heterocycles. The van der Waals surface area contributed by atoms with Gasteiger partial charge in [-0.2, -0.15) is 0 Å². The van der Waals surface area contributed by atoms with Crippen molar-refractivity contribution < 1.29 is 27.4 Å². The SMILES string of the molecule is Cc1ccc(S(=O)c2ccc3c(c2-c2c(S(=O)c4ccc(C)cc4)ccc4c2OCCO4)OCCO3)cc1. The zero-order valence-corrected chi connectivity index (χ0v) is 22.7. The van der Waals surface area contributed by atoms with Gasteiger partial charge in [-0.1, -0.05) is 35.4 Å². The number of fused-ring (bicyclic) bond motifs is 2. The van der Waals surface area contributed by atoms with Crippen LogP contribution in [0.1, 0.15) is 11.1 Å². The van der Waals surface area contributed by atoms with Gasteiger partial charge in [-0.05, 0) is 62.4 Å². The molecule has 38 heavy (non-hydrogen) atoms. The van der Waals surface area contributed by atoms with Gasteiger partial charge < -0.3 is 18.9 Å². The first-order chi connectivity index (χ1) is 18.5. The van der Waals surface area contributed by atoms with E-state index >= 15 is 0 Å². The van der Waals surface area contributed by atoms with E-state index in [0.29, 0.717) is 80.1 Å². The fraction of sp³-hybridized carbons (Fsp3) is 0.200. The Morgan fingerprint density at radius 3 is 1.26 bits per heavy atom. The molecule has 0 saturated heterocycles. The van der Waals surface area contributed by atoms with Crippen LogP contribution in [0.4, 0.5) is 0 Å². The molecule has 2 atom stereocenters. The Morgan fingerprint density at radius 1 is 0.500 bits per heavy atom. The van der Waals surface area contributed by atoms with Gasteiger partial charge in [0.25, 0.3) is 0 Å². The normalized spacial score (nSPS) is 15.5. The van der Waals surface area contributed by atoms with Gasteiger partial charge in [-0.15, -0.1) is 0 Å². The van der Waals surface area contributed by atoms with Crippen LogP contribution >= 0.6 is 0 Å². The van der Waals surface area contributed by atoms with Crippen molar-refractivity contribution in [2.24, 2.45) is 0 Å². The fourth-order valence-electron chi connectivity index (χ4n) is 4.56. The molecular weight excluding hydrogens is 520 g/mol. The van der Waals surface area contributed by atoms with E-state index in [1.165, 1.54) is 0 Å². The van der Waals surface area contributed by atoms with E-state index < -0.39 is 21.6 Å². The van der Waals surface area contributed by atoms with Crippen LogP contribution in [0.5, 0.6) is 23.0 Å². The van der Waals surface area contributed by atoms with Crippen molar-refractivity contribution in [1.82, 2.24) is 0 Å². The number of aryl methyl sites for hydroxylation is 2. The molecule has 0 amide bonds. The molecule has 4 aromatic carbocycles. The summed E-state index contributed by atoms with van der Waals surface area (Å²) in [5.41, 5.74) is 3.23. The third-order valence-corrected chi connectivity index (χ3v) is 9.34. The molecule has 4 aromatic rings. The van der Waals surface area contributed by atoms with E-state index in [9.17, 15) is 8.42 Å². The minimum Gasteiger partial charge on any atom is -0.486 e. The van der Waals surface area contributed by atoms with Gasteiger partial charge in [0.1, 0.15) is 26.4 Å². The van der Waals surface area contributed by atoms with Crippen LogP contribution in [0.2, 0.25) is 0 Å². The molecule has 0 saturated carbocycles. The summed E-state index contributed by atoms with van der Waals surface area (Å²) in [5.74, 6) is 1.99. The highest BCUT2D eigenvalue weighted by molar-refractivity contribution is 7.85. The van der Waals surface area contributed by atoms with E-state index in [1.807, 2.05) is 62.4 Å². The lowest BCUT2D eigenvalue weighted by Crippen LogP contribution is -2.19. The quantitative estimate of drug-likeness (QED) is 0.313. The van der Waals surface area contributed by atoms with E-state index in [0.717, 1.165) is 11.1 Å². The van der Waals surface area contributed by atoms with Gasteiger partial charge in [0.15, 0.2) is 23.0 Å². The highest BCUT2D eigenvalue weighted by atomic mass is 32.2. The maximum absolute atomic E-state index is 14.1. The van der Waals surface area contributed by atoms with Crippen LogP contribution in [0.15, 0.2) is 92.4 Å². The third-order valence-electron chi connectivity index (χ3n) is 6.46. The molecule has 2 aliphatic rings. The van der Waals surface area contributed by atoms with Gasteiger partial charge in [-0.25, -0.2) is 8.42 Å². The Bertz CT molecular complexity index is 1440. The first kappa shape index (κ1) is 24.7. The zero-order valence-electron chi connectivity index (χ0n) is 21.0. The standard InChI is InChI=1S/C30H26O6S2/c1-19-3-7-21(8-4-19)37(31)25-13-11-23-29(35-17-15-33-23)27(25)28-26(14-12-24-30(28)36-18-16-34-24)38(32)22-9-5-20(2)6-10-22/h3-14H,15-18H2,1-2H3. The molecule has 0 spiro atoms. The van der Waals surface area contributed by atoms with Crippen molar-refractivity contribution in [1.29, 1.82) is 0 Å². The van der Waals surface area contributed by atoms with Crippen molar-refractivity contribution >= 4 is 21.6 Å². The summed E-state index contributed by atoms with van der Waals surface area (Å²) >= 11 is 0. The van der Waals surface area contributed by atoms with E-state index in [4.69, 9.17) is 18.9 Å². The Labute approximate surface area is 226 Å². The monoisotopic (exact) mass is 546 g/mol. The molecule has 194 valence electrons. The summed E-state index contributed by atoms with van der Waals surface area (Å²) in [7, 11) is -3.13. The molecule has 6 nitrogen and oxygen atoms in total. The van der Waals surface area contributed by atoms with Gasteiger partial charge >= 0.3 is 0 Å². The van der Waals surface area contributed by atoms with Crippen molar-refractivity contribution in [3.8, 4) is 34.1 Å². The Hall–Kier alpha value is -3.62. The van der Waals surface area contributed by atoms with Crippen LogP contribution in [-0.4, -0.2) is 34.8 Å². The molecular formula is C30H26O6S2. The van der Waals surface area contributed by atoms with Crippen molar-refractivity contribution in [2.45, 2.75) is 33.4 Å². The van der Waals surface area contributed by atoms with Crippen molar-refractivity contribution in [3.05, 3.63) is 83.9 Å². The van der Waals surface area contributed by atoms with Gasteiger partial charge in [0, 0.05) is 20.9 Å². The van der Waals surface area contributed by atoms with Gasteiger partial charge in [0.2, 0.25) is 0 Å². The Morgan fingerprint density at radius 2 is 0.868 bits per heavy atom. The zero-order chi connectivity index (χ0) is 26.2. The van der Waals surface area contributed by atoms with E-state index in [2.05, 4.69) is 0 Å². The first-order valence-corrected chi connectivity index (χ1v) is 14.6. The van der Waals surface area contributed by atoms with E-state index in [-0.39, 0.29) is 0 Å². The highest BCUT2D eigenvalue weighted by Crippen LogP contribution is 2.52. The minimum atomic E-state index is -1.57. The topological polar surface area (TPSA) is 71.1 Å². The third kappa shape index (κ3) is 4.48. The summed E-state index contributed by atoms with van der Waals surface area (Å²) in [4.78, 5) is 2.33. The maximum atomic E-state index is 14.1. The molecule has 2 unspecified atom stereocenters. The van der Waals surface area contributed by atoms with Crippen LogP contribution in [-0.2, 0) is 21.6 Å². The largest absolute Gasteiger partial charge is 0.486 e. The average molecular weight is 547 g/mol. The molecule has 8 heteroatoms. The number of rotatable bonds is 5. The number of benzene rings is 4. The molecule has 0 N–H and O–H groups in total. The number of hydrogen-bond acceptors (Lipinski definition) is 6. The molecule has 0 fully saturated rings. The number of ether oxygens (including phenoxy) is 4. The molecule has 0 bridgehead atoms. The lowest BCUT2D eigenvalue weighted by molar-refractivity contribution is 0.169.